The van der Waals surface area contributed by atoms with E-state index in [1.807, 2.05) is 31.2 Å². The molecule has 0 saturated carbocycles. The van der Waals surface area contributed by atoms with Crippen LogP contribution in [0, 0.1) is 0 Å². The van der Waals surface area contributed by atoms with Gasteiger partial charge in [-0.2, -0.15) is 0 Å². The van der Waals surface area contributed by atoms with Crippen molar-refractivity contribution in [1.82, 2.24) is 9.80 Å². The Morgan fingerprint density at radius 3 is 2.29 bits per heavy atom. The molecule has 2 rings (SSSR count). The highest BCUT2D eigenvalue weighted by Crippen LogP contribution is 2.14. The number of nitrogens with zero attached hydrogens (tertiary/aromatic N) is 2. The van der Waals surface area contributed by atoms with E-state index < -0.39 is 10.0 Å². The van der Waals surface area contributed by atoms with E-state index in [9.17, 15) is 8.42 Å². The van der Waals surface area contributed by atoms with E-state index in [1.165, 1.54) is 5.56 Å². The van der Waals surface area contributed by atoms with Gasteiger partial charge in [0, 0.05) is 38.4 Å². The fraction of sp³-hybridized carbons (Fsp3) is 0.600. The van der Waals surface area contributed by atoms with Crippen molar-refractivity contribution in [2.75, 3.05) is 43.7 Å². The van der Waals surface area contributed by atoms with Crippen molar-refractivity contribution in [3.05, 3.63) is 29.8 Å². The second-order valence-corrected chi connectivity index (χ2v) is 7.54. The maximum atomic E-state index is 11.7. The van der Waals surface area contributed by atoms with Crippen LogP contribution in [0.5, 0.6) is 0 Å². The van der Waals surface area contributed by atoms with Crippen LogP contribution >= 0.6 is 0 Å². The Morgan fingerprint density at radius 2 is 1.71 bits per heavy atom. The van der Waals surface area contributed by atoms with Crippen molar-refractivity contribution in [2.24, 2.45) is 0 Å². The second kappa shape index (κ2) is 7.24. The number of anilines is 1. The lowest BCUT2D eigenvalue weighted by atomic mass is 10.2. The molecule has 0 aliphatic carbocycles. The number of sulfonamides is 1. The smallest absolute Gasteiger partial charge is 0.232 e. The van der Waals surface area contributed by atoms with E-state index in [1.54, 1.807) is 0 Å². The lowest BCUT2D eigenvalue weighted by Gasteiger charge is -2.32. The molecular weight excluding hydrogens is 286 g/mol. The summed E-state index contributed by atoms with van der Waals surface area (Å²) in [5, 5.41) is 0. The molecule has 21 heavy (non-hydrogen) atoms. The molecule has 0 atom stereocenters. The van der Waals surface area contributed by atoms with Crippen LogP contribution in [0.25, 0.3) is 0 Å². The predicted octanol–water partition coefficient (Wildman–Crippen LogP) is 1.59. The standard InChI is InChI=1S/C15H25N3O2S/c1-3-12-21(19,20)16-15-6-4-14(5-7-15)13-18-10-8-17(2)9-11-18/h4-7,16H,3,8-13H2,1-2H3. The monoisotopic (exact) mass is 311 g/mol. The molecule has 0 amide bonds. The SMILES string of the molecule is CCCS(=O)(=O)Nc1ccc(CN2CCN(C)CC2)cc1. The Balaban J connectivity index is 1.90. The Kier molecular flexibility index (Phi) is 5.61. The van der Waals surface area contributed by atoms with Crippen molar-refractivity contribution in [2.45, 2.75) is 19.9 Å². The maximum Gasteiger partial charge on any atom is 0.232 e. The van der Waals surface area contributed by atoms with E-state index in [-0.39, 0.29) is 5.75 Å². The Hall–Kier alpha value is -1.11. The fourth-order valence-electron chi connectivity index (χ4n) is 2.44. The van der Waals surface area contributed by atoms with E-state index in [2.05, 4.69) is 21.6 Å². The number of piperazine rings is 1. The van der Waals surface area contributed by atoms with Gasteiger partial charge in [-0.15, -0.1) is 0 Å². The number of nitrogens with one attached hydrogen (secondary N) is 1. The highest BCUT2D eigenvalue weighted by atomic mass is 32.2. The number of rotatable bonds is 6. The molecule has 1 saturated heterocycles. The van der Waals surface area contributed by atoms with Gasteiger partial charge in [0.15, 0.2) is 0 Å². The molecule has 0 aromatic heterocycles. The molecule has 1 aliphatic rings. The third-order valence-electron chi connectivity index (χ3n) is 3.70. The van der Waals surface area contributed by atoms with Crippen LogP contribution in [-0.4, -0.2) is 57.2 Å². The highest BCUT2D eigenvalue weighted by Gasteiger charge is 2.14. The molecule has 0 unspecified atom stereocenters. The van der Waals surface area contributed by atoms with Crippen LogP contribution in [0.2, 0.25) is 0 Å². The Labute approximate surface area is 128 Å². The van der Waals surface area contributed by atoms with Gasteiger partial charge in [0.25, 0.3) is 0 Å². The van der Waals surface area contributed by atoms with Crippen LogP contribution in [0.15, 0.2) is 24.3 Å². The van der Waals surface area contributed by atoms with Gasteiger partial charge in [0.1, 0.15) is 0 Å². The van der Waals surface area contributed by atoms with E-state index in [0.29, 0.717) is 12.1 Å². The fourth-order valence-corrected chi connectivity index (χ4v) is 3.58. The number of benzene rings is 1. The van der Waals surface area contributed by atoms with E-state index >= 15 is 0 Å². The van der Waals surface area contributed by atoms with E-state index in [4.69, 9.17) is 0 Å². The van der Waals surface area contributed by atoms with Gasteiger partial charge in [0.2, 0.25) is 10.0 Å². The minimum absolute atomic E-state index is 0.163. The van der Waals surface area contributed by atoms with Crippen LogP contribution in [0.1, 0.15) is 18.9 Å². The van der Waals surface area contributed by atoms with Crippen molar-refractivity contribution in [1.29, 1.82) is 0 Å². The first-order chi connectivity index (χ1) is 9.98. The first-order valence-electron chi connectivity index (χ1n) is 7.49. The van der Waals surface area contributed by atoms with Crippen molar-refractivity contribution in [3.63, 3.8) is 0 Å². The molecule has 0 spiro atoms. The third kappa shape index (κ3) is 5.30. The van der Waals surface area contributed by atoms with Crippen molar-refractivity contribution in [3.8, 4) is 0 Å². The van der Waals surface area contributed by atoms with Gasteiger partial charge in [-0.1, -0.05) is 19.1 Å². The lowest BCUT2D eigenvalue weighted by molar-refractivity contribution is 0.148. The summed E-state index contributed by atoms with van der Waals surface area (Å²) in [5.74, 6) is 0.163. The summed E-state index contributed by atoms with van der Waals surface area (Å²) < 4.78 is 26.0. The average molecular weight is 311 g/mol. The summed E-state index contributed by atoms with van der Waals surface area (Å²) in [5.41, 5.74) is 1.86. The van der Waals surface area contributed by atoms with Gasteiger partial charge in [-0.3, -0.25) is 9.62 Å². The second-order valence-electron chi connectivity index (χ2n) is 5.70. The van der Waals surface area contributed by atoms with Crippen molar-refractivity contribution >= 4 is 15.7 Å². The topological polar surface area (TPSA) is 52.7 Å². The first-order valence-corrected chi connectivity index (χ1v) is 9.14. The lowest BCUT2D eigenvalue weighted by Crippen LogP contribution is -2.43. The van der Waals surface area contributed by atoms with Crippen LogP contribution in [0.3, 0.4) is 0 Å². The maximum absolute atomic E-state index is 11.7. The molecular formula is C15H25N3O2S. The molecule has 1 N–H and O–H groups in total. The van der Waals surface area contributed by atoms with Crippen LogP contribution in [0.4, 0.5) is 5.69 Å². The highest BCUT2D eigenvalue weighted by molar-refractivity contribution is 7.92. The van der Waals surface area contributed by atoms with Gasteiger partial charge in [-0.05, 0) is 31.2 Å². The zero-order valence-corrected chi connectivity index (χ0v) is 13.7. The summed E-state index contributed by atoms with van der Waals surface area (Å²) in [7, 11) is -1.05. The van der Waals surface area contributed by atoms with Crippen molar-refractivity contribution < 1.29 is 8.42 Å². The summed E-state index contributed by atoms with van der Waals surface area (Å²) in [6.45, 7) is 7.17. The molecule has 5 nitrogen and oxygen atoms in total. The van der Waals surface area contributed by atoms with Gasteiger partial charge in [0.05, 0.1) is 5.75 Å². The normalized spacial score (nSPS) is 17.8. The molecule has 118 valence electrons. The molecule has 1 aromatic carbocycles. The minimum Gasteiger partial charge on any atom is -0.304 e. The average Bonchev–Trinajstić information content (AvgIpc) is 2.43. The molecule has 6 heteroatoms. The predicted molar refractivity (Wildman–Crippen MR) is 86.9 cm³/mol. The third-order valence-corrected chi connectivity index (χ3v) is 5.19. The summed E-state index contributed by atoms with van der Waals surface area (Å²) in [6.07, 6.45) is 0.622. The van der Waals surface area contributed by atoms with E-state index in [0.717, 1.165) is 32.7 Å². The molecule has 0 radical (unpaired) electrons. The van der Waals surface area contributed by atoms with Gasteiger partial charge >= 0.3 is 0 Å². The molecule has 1 aliphatic heterocycles. The molecule has 1 heterocycles. The largest absolute Gasteiger partial charge is 0.304 e. The zero-order valence-electron chi connectivity index (χ0n) is 12.9. The number of hydrogen-bond donors (Lipinski definition) is 1. The minimum atomic E-state index is -3.20. The quantitative estimate of drug-likeness (QED) is 0.867. The molecule has 1 fully saturated rings. The Bertz CT molecular complexity index is 535. The zero-order chi connectivity index (χ0) is 15.3. The Morgan fingerprint density at radius 1 is 1.10 bits per heavy atom. The summed E-state index contributed by atoms with van der Waals surface area (Å²) in [6, 6.07) is 7.70. The van der Waals surface area contributed by atoms with Gasteiger partial charge in [-0.25, -0.2) is 8.42 Å². The molecule has 1 aromatic rings. The first kappa shape index (κ1) is 16.3. The van der Waals surface area contributed by atoms with Crippen LogP contribution < -0.4 is 4.72 Å². The number of likely N-dealkylation sites (N-methyl/N-ethyl adjacent to an activating group) is 1. The summed E-state index contributed by atoms with van der Waals surface area (Å²) >= 11 is 0. The van der Waals surface area contributed by atoms with Gasteiger partial charge < -0.3 is 4.90 Å². The summed E-state index contributed by atoms with van der Waals surface area (Å²) in [4.78, 5) is 4.76. The number of hydrogen-bond acceptors (Lipinski definition) is 4. The van der Waals surface area contributed by atoms with Crippen LogP contribution in [-0.2, 0) is 16.6 Å². The molecule has 0 bridgehead atoms.